The first kappa shape index (κ1) is 14.3. The van der Waals surface area contributed by atoms with Crippen LogP contribution in [0.15, 0.2) is 12.1 Å². The Hall–Kier alpha value is -2.09. The molecule has 0 radical (unpaired) electrons. The van der Waals surface area contributed by atoms with Gasteiger partial charge in [0.05, 0.1) is 4.92 Å². The molecule has 1 fully saturated rings. The number of hydrogen-bond acceptors (Lipinski definition) is 4. The second kappa shape index (κ2) is 5.49. The lowest BCUT2D eigenvalue weighted by Gasteiger charge is -2.32. The highest BCUT2D eigenvalue weighted by molar-refractivity contribution is 5.95. The third-order valence-electron chi connectivity index (χ3n) is 3.14. The van der Waals surface area contributed by atoms with Crippen molar-refractivity contribution >= 4 is 11.6 Å². The molecule has 108 valence electrons. The van der Waals surface area contributed by atoms with Gasteiger partial charge in [-0.25, -0.2) is 4.39 Å². The predicted octanol–water partition coefficient (Wildman–Crippen LogP) is 1.31. The van der Waals surface area contributed by atoms with E-state index in [1.165, 1.54) is 4.90 Å². The van der Waals surface area contributed by atoms with Crippen molar-refractivity contribution in [2.24, 2.45) is 0 Å². The molecule has 0 aromatic heterocycles. The Balaban J connectivity index is 2.38. The second-order valence-corrected chi connectivity index (χ2v) is 4.62. The van der Waals surface area contributed by atoms with Gasteiger partial charge in [0.25, 0.3) is 5.91 Å². The van der Waals surface area contributed by atoms with Crippen molar-refractivity contribution in [2.75, 3.05) is 19.6 Å². The summed E-state index contributed by atoms with van der Waals surface area (Å²) in [4.78, 5) is 23.1. The van der Waals surface area contributed by atoms with E-state index in [0.717, 1.165) is 6.07 Å². The lowest BCUT2D eigenvalue weighted by atomic mass is 10.1. The van der Waals surface area contributed by atoms with Crippen LogP contribution in [0.2, 0.25) is 0 Å². The quantitative estimate of drug-likeness (QED) is 0.656. The summed E-state index contributed by atoms with van der Waals surface area (Å²) in [6.45, 7) is 2.93. The highest BCUT2D eigenvalue weighted by Gasteiger charge is 2.30. The number of nitrogens with zero attached hydrogens (tertiary/aromatic N) is 2. The number of nitrogens with one attached hydrogen (secondary N) is 1. The van der Waals surface area contributed by atoms with Gasteiger partial charge in [-0.2, -0.15) is 4.39 Å². The molecule has 1 aromatic rings. The van der Waals surface area contributed by atoms with Crippen LogP contribution in [0.5, 0.6) is 0 Å². The fraction of sp³-hybridized carbons (Fsp3) is 0.417. The van der Waals surface area contributed by atoms with E-state index in [4.69, 9.17) is 0 Å². The zero-order chi connectivity index (χ0) is 14.9. The van der Waals surface area contributed by atoms with E-state index in [-0.39, 0.29) is 6.04 Å². The number of piperazine rings is 1. The lowest BCUT2D eigenvalue weighted by molar-refractivity contribution is -0.387. The molecule has 0 bridgehead atoms. The Kier molecular flexibility index (Phi) is 3.93. The highest BCUT2D eigenvalue weighted by Crippen LogP contribution is 2.24. The molecule has 1 amide bonds. The van der Waals surface area contributed by atoms with Crippen LogP contribution in [-0.4, -0.2) is 41.4 Å². The van der Waals surface area contributed by atoms with Crippen molar-refractivity contribution in [3.05, 3.63) is 39.4 Å². The zero-order valence-electron chi connectivity index (χ0n) is 10.7. The number of halogens is 2. The van der Waals surface area contributed by atoms with Gasteiger partial charge in [-0.05, 0) is 13.0 Å². The van der Waals surface area contributed by atoms with Crippen molar-refractivity contribution in [1.29, 1.82) is 0 Å². The fourth-order valence-corrected chi connectivity index (χ4v) is 2.15. The second-order valence-electron chi connectivity index (χ2n) is 4.62. The van der Waals surface area contributed by atoms with E-state index in [2.05, 4.69) is 5.32 Å². The molecule has 1 saturated heterocycles. The third kappa shape index (κ3) is 2.60. The summed E-state index contributed by atoms with van der Waals surface area (Å²) in [5, 5.41) is 13.7. The number of carbonyl (C=O) groups excluding carboxylic acids is 1. The molecule has 20 heavy (non-hydrogen) atoms. The molecule has 1 unspecified atom stereocenters. The molecular weight excluding hydrogens is 272 g/mol. The van der Waals surface area contributed by atoms with Crippen molar-refractivity contribution in [1.82, 2.24) is 10.2 Å². The summed E-state index contributed by atoms with van der Waals surface area (Å²) >= 11 is 0. The van der Waals surface area contributed by atoms with Crippen LogP contribution >= 0.6 is 0 Å². The standard InChI is InChI=1S/C12H13F2N3O3/c1-7-6-16(5-4-15-7)12(18)10-8(13)2-3-9(11(10)14)17(19)20/h2-3,7,15H,4-6H2,1H3. The first-order valence-electron chi connectivity index (χ1n) is 6.07. The van der Waals surface area contributed by atoms with Crippen LogP contribution in [-0.2, 0) is 0 Å². The minimum Gasteiger partial charge on any atom is -0.336 e. The summed E-state index contributed by atoms with van der Waals surface area (Å²) in [7, 11) is 0. The van der Waals surface area contributed by atoms with Gasteiger partial charge in [-0.1, -0.05) is 0 Å². The molecule has 2 rings (SSSR count). The number of nitro benzene ring substituents is 1. The first-order chi connectivity index (χ1) is 9.41. The Labute approximate surface area is 113 Å². The fourth-order valence-electron chi connectivity index (χ4n) is 2.15. The maximum Gasteiger partial charge on any atom is 0.305 e. The molecule has 1 heterocycles. The largest absolute Gasteiger partial charge is 0.336 e. The minimum atomic E-state index is -1.42. The Morgan fingerprint density at radius 1 is 1.50 bits per heavy atom. The summed E-state index contributed by atoms with van der Waals surface area (Å²) < 4.78 is 27.6. The maximum absolute atomic E-state index is 13.9. The molecule has 1 aliphatic rings. The van der Waals surface area contributed by atoms with Gasteiger partial charge in [0.15, 0.2) is 0 Å². The van der Waals surface area contributed by atoms with Crippen LogP contribution in [0.4, 0.5) is 14.5 Å². The number of benzene rings is 1. The molecule has 6 nitrogen and oxygen atoms in total. The molecule has 1 aliphatic heterocycles. The monoisotopic (exact) mass is 285 g/mol. The van der Waals surface area contributed by atoms with Gasteiger partial charge >= 0.3 is 5.69 Å². The number of amides is 1. The Morgan fingerprint density at radius 2 is 2.20 bits per heavy atom. The van der Waals surface area contributed by atoms with Crippen LogP contribution in [0, 0.1) is 21.7 Å². The molecule has 8 heteroatoms. The van der Waals surface area contributed by atoms with Crippen molar-refractivity contribution in [2.45, 2.75) is 13.0 Å². The van der Waals surface area contributed by atoms with Gasteiger partial charge in [0.1, 0.15) is 11.4 Å². The van der Waals surface area contributed by atoms with Crippen LogP contribution < -0.4 is 5.32 Å². The Bertz CT molecular complexity index is 565. The van der Waals surface area contributed by atoms with Crippen LogP contribution in [0.3, 0.4) is 0 Å². The Morgan fingerprint density at radius 3 is 2.80 bits per heavy atom. The van der Waals surface area contributed by atoms with Crippen molar-refractivity contribution in [3.8, 4) is 0 Å². The molecule has 1 atom stereocenters. The summed E-state index contributed by atoms with van der Waals surface area (Å²) in [5.74, 6) is -3.38. The summed E-state index contributed by atoms with van der Waals surface area (Å²) in [5.41, 5.74) is -1.77. The molecule has 0 aliphatic carbocycles. The maximum atomic E-state index is 13.9. The summed E-state index contributed by atoms with van der Waals surface area (Å²) in [6, 6.07) is 1.44. The van der Waals surface area contributed by atoms with Crippen LogP contribution in [0.1, 0.15) is 17.3 Å². The van der Waals surface area contributed by atoms with Gasteiger partial charge in [0.2, 0.25) is 5.82 Å². The van der Waals surface area contributed by atoms with Crippen LogP contribution in [0.25, 0.3) is 0 Å². The molecule has 1 aromatic carbocycles. The van der Waals surface area contributed by atoms with Gasteiger partial charge in [-0.3, -0.25) is 14.9 Å². The average Bonchev–Trinajstić information content (AvgIpc) is 2.38. The number of carbonyl (C=O) groups is 1. The zero-order valence-corrected chi connectivity index (χ0v) is 10.7. The molecule has 0 saturated carbocycles. The number of rotatable bonds is 2. The third-order valence-corrected chi connectivity index (χ3v) is 3.14. The van der Waals surface area contributed by atoms with E-state index in [9.17, 15) is 23.7 Å². The van der Waals surface area contributed by atoms with Gasteiger partial charge in [0, 0.05) is 31.7 Å². The normalized spacial score (nSPS) is 18.9. The van der Waals surface area contributed by atoms with Gasteiger partial charge in [-0.15, -0.1) is 0 Å². The van der Waals surface area contributed by atoms with E-state index in [1.807, 2.05) is 6.92 Å². The average molecular weight is 285 g/mol. The molecular formula is C12H13F2N3O3. The highest BCUT2D eigenvalue weighted by atomic mass is 19.1. The minimum absolute atomic E-state index is 0.00230. The molecule has 1 N–H and O–H groups in total. The van der Waals surface area contributed by atoms with E-state index >= 15 is 0 Å². The van der Waals surface area contributed by atoms with Crippen molar-refractivity contribution in [3.63, 3.8) is 0 Å². The first-order valence-corrected chi connectivity index (χ1v) is 6.07. The molecule has 0 spiro atoms. The summed E-state index contributed by atoms with van der Waals surface area (Å²) in [6.07, 6.45) is 0. The smallest absolute Gasteiger partial charge is 0.305 e. The van der Waals surface area contributed by atoms with Crippen molar-refractivity contribution < 1.29 is 18.5 Å². The number of nitro groups is 1. The lowest BCUT2D eigenvalue weighted by Crippen LogP contribution is -2.51. The SMILES string of the molecule is CC1CN(C(=O)c2c(F)ccc([N+](=O)[O-])c2F)CCN1. The van der Waals surface area contributed by atoms with E-state index < -0.39 is 33.7 Å². The predicted molar refractivity (Wildman–Crippen MR) is 66.4 cm³/mol. The van der Waals surface area contributed by atoms with E-state index in [1.54, 1.807) is 0 Å². The number of hydrogen-bond donors (Lipinski definition) is 1. The van der Waals surface area contributed by atoms with Gasteiger partial charge < -0.3 is 10.2 Å². The topological polar surface area (TPSA) is 75.5 Å². The van der Waals surface area contributed by atoms with E-state index in [0.29, 0.717) is 25.7 Å².